The van der Waals surface area contributed by atoms with Crippen LogP contribution in [0.5, 0.6) is 0 Å². The number of nitrogens with zero attached hydrogens (tertiary/aromatic N) is 3. The minimum Gasteiger partial charge on any atom is -0.393 e. The maximum absolute atomic E-state index is 11.5. The molecule has 0 bridgehead atoms. The van der Waals surface area contributed by atoms with Crippen molar-refractivity contribution in [3.63, 3.8) is 0 Å². The summed E-state index contributed by atoms with van der Waals surface area (Å²) in [6, 6.07) is 22.0. The normalized spacial score (nSPS) is 14.2. The van der Waals surface area contributed by atoms with E-state index >= 15 is 0 Å². The Morgan fingerprint density at radius 3 is 1.92 bits per heavy atom. The van der Waals surface area contributed by atoms with Crippen LogP contribution in [0, 0.1) is 0 Å². The van der Waals surface area contributed by atoms with E-state index in [9.17, 15) is 21.4 Å². The van der Waals surface area contributed by atoms with Crippen LogP contribution in [-0.2, 0) is 20.2 Å². The van der Waals surface area contributed by atoms with Crippen molar-refractivity contribution in [1.29, 1.82) is 0 Å². The van der Waals surface area contributed by atoms with Gasteiger partial charge in [-0.15, -0.1) is 5.10 Å². The van der Waals surface area contributed by atoms with E-state index in [2.05, 4.69) is 5.10 Å². The van der Waals surface area contributed by atoms with Gasteiger partial charge in [-0.25, -0.2) is 5.01 Å². The van der Waals surface area contributed by atoms with Crippen LogP contribution in [0.25, 0.3) is 12.2 Å². The first kappa shape index (κ1) is 29.2. The van der Waals surface area contributed by atoms with Crippen molar-refractivity contribution in [3.05, 3.63) is 102 Å². The monoisotopic (exact) mass is 572 g/mol. The van der Waals surface area contributed by atoms with Crippen molar-refractivity contribution in [2.24, 2.45) is 22.3 Å². The lowest BCUT2D eigenvalue weighted by molar-refractivity contribution is 0.289. The van der Waals surface area contributed by atoms with Crippen LogP contribution in [0.15, 0.2) is 105 Å². The summed E-state index contributed by atoms with van der Waals surface area (Å²) in [4.78, 5) is -1.73. The van der Waals surface area contributed by atoms with E-state index in [4.69, 9.17) is 21.8 Å². The average Bonchev–Trinajstić information content (AvgIpc) is 2.90. The van der Waals surface area contributed by atoms with Gasteiger partial charge in [0.05, 0.1) is 12.2 Å². The number of hydrazine groups is 1. The molecule has 0 saturated carbocycles. The van der Waals surface area contributed by atoms with Gasteiger partial charge < -0.3 is 17.2 Å². The largest absolute Gasteiger partial charge is 0.393 e. The second-order valence-electron chi connectivity index (χ2n) is 7.99. The van der Waals surface area contributed by atoms with Crippen LogP contribution in [-0.4, -0.2) is 43.4 Å². The summed E-state index contributed by atoms with van der Waals surface area (Å²) in [5.74, 6) is 0.641. The molecule has 8 N–H and O–H groups in total. The first-order chi connectivity index (χ1) is 18.3. The molecule has 4 rings (SSSR count). The van der Waals surface area contributed by atoms with Gasteiger partial charge in [-0.05, 0) is 36.2 Å². The van der Waals surface area contributed by atoms with Crippen LogP contribution in [0.2, 0.25) is 0 Å². The van der Waals surface area contributed by atoms with Crippen molar-refractivity contribution in [2.75, 3.05) is 11.6 Å². The molecule has 0 fully saturated rings. The Labute approximate surface area is 226 Å². The highest BCUT2D eigenvalue weighted by atomic mass is 32.2. The Morgan fingerprint density at radius 2 is 1.38 bits per heavy atom. The van der Waals surface area contributed by atoms with E-state index < -0.39 is 30.0 Å². The predicted molar refractivity (Wildman–Crippen MR) is 150 cm³/mol. The van der Waals surface area contributed by atoms with Crippen LogP contribution in [0.4, 0.5) is 5.69 Å². The lowest BCUT2D eigenvalue weighted by atomic mass is 10.1. The SMILES string of the molecule is CCN1N=C(N)C(N)=C(N)N1c1ccccc1.O=S(=O)(O)c1cccc(C=Cc2ccccc2)c1S(=O)(=O)O. The van der Waals surface area contributed by atoms with E-state index in [1.807, 2.05) is 37.3 Å². The summed E-state index contributed by atoms with van der Waals surface area (Å²) in [5.41, 5.74) is 19.4. The number of anilines is 1. The van der Waals surface area contributed by atoms with Crippen molar-refractivity contribution >= 4 is 43.9 Å². The average molecular weight is 573 g/mol. The predicted octanol–water partition coefficient (Wildman–Crippen LogP) is 2.45. The molecule has 1 aliphatic rings. The number of amidine groups is 1. The third-order valence-electron chi connectivity index (χ3n) is 5.32. The van der Waals surface area contributed by atoms with Gasteiger partial charge in [0.15, 0.2) is 11.7 Å². The molecule has 0 atom stereocenters. The van der Waals surface area contributed by atoms with E-state index in [0.29, 0.717) is 18.1 Å². The number of benzene rings is 3. The Balaban J connectivity index is 0.000000223. The molecular weight excluding hydrogens is 544 g/mol. The van der Waals surface area contributed by atoms with Crippen molar-refractivity contribution < 1.29 is 25.9 Å². The van der Waals surface area contributed by atoms with E-state index in [0.717, 1.165) is 17.3 Å². The van der Waals surface area contributed by atoms with E-state index in [1.54, 1.807) is 46.5 Å². The molecule has 39 heavy (non-hydrogen) atoms. The van der Waals surface area contributed by atoms with Crippen LogP contribution in [0.1, 0.15) is 18.1 Å². The van der Waals surface area contributed by atoms with Crippen molar-refractivity contribution in [2.45, 2.75) is 16.7 Å². The molecule has 0 spiro atoms. The fraction of sp³-hybridized carbons (Fsp3) is 0.0800. The van der Waals surface area contributed by atoms with Crippen LogP contribution in [0.3, 0.4) is 0 Å². The minimum atomic E-state index is -4.84. The zero-order valence-electron chi connectivity index (χ0n) is 20.8. The van der Waals surface area contributed by atoms with Crippen molar-refractivity contribution in [3.8, 4) is 0 Å². The molecule has 0 radical (unpaired) electrons. The number of para-hydroxylation sites is 1. The number of rotatable bonds is 6. The standard InChI is InChI=1S/C14H12O6S2.C11H16N6/c15-21(16,17)13-8-4-7-12(14(13)22(18,19)20)10-9-11-5-2-1-3-6-11;1-2-16-15-10(13)9(12)11(14)17(16)8-6-4-3-5-7-8/h1-10H,(H,15,16,17)(H,18,19,20);3-7H,2,12,14H2,1H3,(H2,13,15). The second kappa shape index (κ2) is 12.0. The zero-order valence-corrected chi connectivity index (χ0v) is 22.4. The maximum Gasteiger partial charge on any atom is 0.296 e. The molecule has 0 aliphatic carbocycles. The molecule has 0 saturated heterocycles. The van der Waals surface area contributed by atoms with Gasteiger partial charge in [-0.1, -0.05) is 72.8 Å². The maximum atomic E-state index is 11.5. The first-order valence-corrected chi connectivity index (χ1v) is 14.3. The van der Waals surface area contributed by atoms with Crippen molar-refractivity contribution in [1.82, 2.24) is 5.12 Å². The summed E-state index contributed by atoms with van der Waals surface area (Å²) in [6.07, 6.45) is 2.89. The summed E-state index contributed by atoms with van der Waals surface area (Å²) in [5, 5.41) is 7.60. The summed E-state index contributed by atoms with van der Waals surface area (Å²) in [7, 11) is -9.64. The fourth-order valence-electron chi connectivity index (χ4n) is 3.54. The molecule has 1 aliphatic heterocycles. The Kier molecular flexibility index (Phi) is 8.98. The Bertz CT molecular complexity index is 1620. The Hall–Kier alpha value is -4.37. The van der Waals surface area contributed by atoms with Gasteiger partial charge >= 0.3 is 0 Å². The minimum absolute atomic E-state index is 0.0542. The van der Waals surface area contributed by atoms with E-state index in [1.165, 1.54) is 18.2 Å². The lowest BCUT2D eigenvalue weighted by Gasteiger charge is -2.37. The third-order valence-corrected chi connectivity index (χ3v) is 7.31. The topological polar surface area (TPSA) is 206 Å². The van der Waals surface area contributed by atoms with Crippen LogP contribution >= 0.6 is 0 Å². The van der Waals surface area contributed by atoms with Crippen LogP contribution < -0.4 is 22.2 Å². The lowest BCUT2D eigenvalue weighted by Crippen LogP contribution is -2.49. The molecule has 3 aromatic rings. The Morgan fingerprint density at radius 1 is 0.795 bits per heavy atom. The van der Waals surface area contributed by atoms with Gasteiger partial charge in [-0.2, -0.15) is 22.0 Å². The smallest absolute Gasteiger partial charge is 0.296 e. The fourth-order valence-corrected chi connectivity index (χ4v) is 5.53. The number of hydrogen-bond donors (Lipinski definition) is 5. The zero-order chi connectivity index (χ0) is 28.8. The quantitative estimate of drug-likeness (QED) is 0.214. The molecule has 206 valence electrons. The van der Waals surface area contributed by atoms with Gasteiger partial charge in [0.1, 0.15) is 15.5 Å². The number of hydrogen-bond acceptors (Lipinski definition) is 10. The van der Waals surface area contributed by atoms with Gasteiger partial charge in [0, 0.05) is 0 Å². The number of nitrogens with two attached hydrogens (primary N) is 3. The first-order valence-electron chi connectivity index (χ1n) is 11.4. The third kappa shape index (κ3) is 7.14. The molecule has 1 heterocycles. The molecule has 12 nitrogen and oxygen atoms in total. The van der Waals surface area contributed by atoms with Gasteiger partial charge in [-0.3, -0.25) is 9.11 Å². The molecule has 0 aromatic heterocycles. The van der Waals surface area contributed by atoms with Gasteiger partial charge in [0.2, 0.25) is 0 Å². The molecular formula is C25H28N6O6S2. The summed E-state index contributed by atoms with van der Waals surface area (Å²) in [6.45, 7) is 2.60. The highest BCUT2D eigenvalue weighted by Crippen LogP contribution is 2.26. The highest BCUT2D eigenvalue weighted by Gasteiger charge is 2.26. The molecule has 14 heteroatoms. The molecule has 0 amide bonds. The highest BCUT2D eigenvalue weighted by molar-refractivity contribution is 7.89. The summed E-state index contributed by atoms with van der Waals surface area (Å²) >= 11 is 0. The number of hydrazone groups is 1. The summed E-state index contributed by atoms with van der Waals surface area (Å²) < 4.78 is 63.9. The van der Waals surface area contributed by atoms with Gasteiger partial charge in [0.25, 0.3) is 20.2 Å². The second-order valence-corrected chi connectivity index (χ2v) is 10.7. The molecule has 3 aromatic carbocycles. The molecule has 0 unspecified atom stereocenters. The van der Waals surface area contributed by atoms with E-state index in [-0.39, 0.29) is 11.4 Å².